The molecule has 0 spiro atoms. The van der Waals surface area contributed by atoms with Gasteiger partial charge in [0.05, 0.1) is 11.6 Å². The zero-order valence-corrected chi connectivity index (χ0v) is 14.8. The van der Waals surface area contributed by atoms with E-state index in [9.17, 15) is 18.0 Å². The summed E-state index contributed by atoms with van der Waals surface area (Å²) in [5.41, 5.74) is -0.959. The number of nitrogens with zero attached hydrogens (tertiary/aromatic N) is 4. The molecule has 2 aliphatic rings. The molecule has 3 rings (SSSR count). The summed E-state index contributed by atoms with van der Waals surface area (Å²) in [6, 6.07) is -0.122. The van der Waals surface area contributed by atoms with Crippen LogP contribution in [0.15, 0.2) is 0 Å². The first kappa shape index (κ1) is 18.2. The van der Waals surface area contributed by atoms with Gasteiger partial charge in [0.15, 0.2) is 5.69 Å². The van der Waals surface area contributed by atoms with Gasteiger partial charge in [0.2, 0.25) is 0 Å². The Hall–Kier alpha value is -1.57. The molecule has 0 radical (unpaired) electrons. The van der Waals surface area contributed by atoms with Crippen molar-refractivity contribution in [3.05, 3.63) is 17.0 Å². The van der Waals surface area contributed by atoms with Gasteiger partial charge in [-0.05, 0) is 52.6 Å². The molecule has 1 amide bonds. The van der Waals surface area contributed by atoms with Gasteiger partial charge in [0.1, 0.15) is 0 Å². The smallest absolute Gasteiger partial charge is 0.339 e. The molecule has 3 heterocycles. The van der Waals surface area contributed by atoms with Crippen LogP contribution in [0.1, 0.15) is 59.9 Å². The number of carbonyl (C=O) groups excluding carboxylic acids is 1. The lowest BCUT2D eigenvalue weighted by molar-refractivity contribution is -0.142. The van der Waals surface area contributed by atoms with Crippen LogP contribution in [0.3, 0.4) is 0 Å². The summed E-state index contributed by atoms with van der Waals surface area (Å²) in [5.74, 6) is -0.528. The number of likely N-dealkylation sites (N-methyl/N-ethyl adjacent to an activating group) is 1. The molecule has 2 saturated heterocycles. The highest BCUT2D eigenvalue weighted by atomic mass is 19.4. The van der Waals surface area contributed by atoms with E-state index in [-0.39, 0.29) is 11.6 Å². The molecule has 2 fully saturated rings. The topological polar surface area (TPSA) is 41.4 Å². The fourth-order valence-electron chi connectivity index (χ4n) is 3.92. The summed E-state index contributed by atoms with van der Waals surface area (Å²) < 4.78 is 42.1. The summed E-state index contributed by atoms with van der Waals surface area (Å²) in [6.45, 7) is 4.22. The Labute approximate surface area is 145 Å². The number of rotatable bonds is 2. The standard InChI is InChI=1S/C17H25F3N4O/c1-12-14(16(25)23-9-4-3-5-10-23)15(17(18,19)20)21-24(12)13-7-6-8-22(2)11-13/h13H,3-11H2,1-2H3/t13-/m1/s1. The van der Waals surface area contributed by atoms with Crippen LogP contribution in [-0.4, -0.2) is 58.7 Å². The Morgan fingerprint density at radius 3 is 2.40 bits per heavy atom. The third kappa shape index (κ3) is 3.68. The summed E-state index contributed by atoms with van der Waals surface area (Å²) in [5, 5.41) is 3.87. The lowest BCUT2D eigenvalue weighted by Gasteiger charge is -2.30. The molecule has 1 aromatic rings. The van der Waals surface area contributed by atoms with Crippen molar-refractivity contribution in [2.75, 3.05) is 33.2 Å². The number of halogens is 3. The second-order valence-corrected chi connectivity index (χ2v) is 7.16. The molecule has 1 aromatic heterocycles. The molecule has 0 unspecified atom stereocenters. The molecule has 5 nitrogen and oxygen atoms in total. The minimum Gasteiger partial charge on any atom is -0.339 e. The average Bonchev–Trinajstić information content (AvgIpc) is 2.92. The third-order valence-corrected chi connectivity index (χ3v) is 5.22. The highest BCUT2D eigenvalue weighted by Gasteiger charge is 2.42. The van der Waals surface area contributed by atoms with Crippen molar-refractivity contribution in [1.29, 1.82) is 0 Å². The predicted octanol–water partition coefficient (Wildman–Crippen LogP) is 3.10. The summed E-state index contributed by atoms with van der Waals surface area (Å²) in [4.78, 5) is 16.4. The zero-order valence-electron chi connectivity index (χ0n) is 14.8. The van der Waals surface area contributed by atoms with Gasteiger partial charge in [-0.2, -0.15) is 18.3 Å². The van der Waals surface area contributed by atoms with Crippen molar-refractivity contribution in [3.8, 4) is 0 Å². The number of carbonyl (C=O) groups is 1. The normalized spacial score (nSPS) is 23.1. The van der Waals surface area contributed by atoms with Gasteiger partial charge in [-0.1, -0.05) is 0 Å². The molecule has 8 heteroatoms. The first-order chi connectivity index (χ1) is 11.8. The van der Waals surface area contributed by atoms with Crippen LogP contribution in [0.4, 0.5) is 13.2 Å². The Morgan fingerprint density at radius 1 is 1.12 bits per heavy atom. The number of aromatic nitrogens is 2. The van der Waals surface area contributed by atoms with Crippen molar-refractivity contribution in [1.82, 2.24) is 19.6 Å². The summed E-state index contributed by atoms with van der Waals surface area (Å²) >= 11 is 0. The maximum atomic E-state index is 13.6. The minimum atomic E-state index is -4.63. The largest absolute Gasteiger partial charge is 0.435 e. The quantitative estimate of drug-likeness (QED) is 0.816. The van der Waals surface area contributed by atoms with Gasteiger partial charge in [0, 0.05) is 25.3 Å². The molecular weight excluding hydrogens is 333 g/mol. The maximum absolute atomic E-state index is 13.6. The molecule has 140 valence electrons. The monoisotopic (exact) mass is 358 g/mol. The molecule has 0 bridgehead atoms. The van der Waals surface area contributed by atoms with Gasteiger partial charge in [0.25, 0.3) is 5.91 Å². The van der Waals surface area contributed by atoms with Crippen LogP contribution < -0.4 is 0 Å². The van der Waals surface area contributed by atoms with Crippen LogP contribution in [0.5, 0.6) is 0 Å². The molecule has 2 aliphatic heterocycles. The third-order valence-electron chi connectivity index (χ3n) is 5.22. The van der Waals surface area contributed by atoms with E-state index in [0.717, 1.165) is 38.6 Å². The number of alkyl halides is 3. The summed E-state index contributed by atoms with van der Waals surface area (Å²) in [7, 11) is 1.95. The van der Waals surface area contributed by atoms with Crippen LogP contribution in [0.25, 0.3) is 0 Å². The maximum Gasteiger partial charge on any atom is 0.435 e. The molecule has 0 aromatic carbocycles. The fourth-order valence-corrected chi connectivity index (χ4v) is 3.92. The van der Waals surface area contributed by atoms with Crippen LogP contribution in [0, 0.1) is 6.92 Å². The molecule has 25 heavy (non-hydrogen) atoms. The zero-order chi connectivity index (χ0) is 18.2. The molecule has 0 N–H and O–H groups in total. The van der Waals surface area contributed by atoms with Crippen LogP contribution in [0.2, 0.25) is 0 Å². The number of likely N-dealkylation sites (tertiary alicyclic amines) is 2. The van der Waals surface area contributed by atoms with E-state index in [4.69, 9.17) is 0 Å². The van der Waals surface area contributed by atoms with E-state index in [1.165, 1.54) is 4.68 Å². The van der Waals surface area contributed by atoms with Crippen molar-refractivity contribution >= 4 is 5.91 Å². The highest BCUT2D eigenvalue weighted by molar-refractivity contribution is 5.96. The number of hydrogen-bond donors (Lipinski definition) is 0. The molecule has 1 atom stereocenters. The Morgan fingerprint density at radius 2 is 1.80 bits per heavy atom. The van der Waals surface area contributed by atoms with Crippen molar-refractivity contribution < 1.29 is 18.0 Å². The van der Waals surface area contributed by atoms with E-state index < -0.39 is 17.8 Å². The molecular formula is C17H25F3N4O. The van der Waals surface area contributed by atoms with Crippen molar-refractivity contribution in [3.63, 3.8) is 0 Å². The first-order valence-corrected chi connectivity index (χ1v) is 8.93. The second kappa shape index (κ2) is 6.97. The van der Waals surface area contributed by atoms with E-state index >= 15 is 0 Å². The lowest BCUT2D eigenvalue weighted by atomic mass is 10.0. The van der Waals surface area contributed by atoms with Crippen LogP contribution >= 0.6 is 0 Å². The van der Waals surface area contributed by atoms with E-state index in [2.05, 4.69) is 10.00 Å². The lowest BCUT2D eigenvalue weighted by Crippen LogP contribution is -2.37. The SMILES string of the molecule is Cc1c(C(=O)N2CCCCC2)c(C(F)(F)F)nn1[C@@H]1CCCN(C)C1. The average molecular weight is 358 g/mol. The van der Waals surface area contributed by atoms with E-state index in [1.54, 1.807) is 11.8 Å². The molecule has 0 saturated carbocycles. The van der Waals surface area contributed by atoms with Gasteiger partial charge < -0.3 is 9.80 Å². The second-order valence-electron chi connectivity index (χ2n) is 7.16. The first-order valence-electron chi connectivity index (χ1n) is 8.93. The molecule has 0 aliphatic carbocycles. The predicted molar refractivity (Wildman–Crippen MR) is 87.5 cm³/mol. The Balaban J connectivity index is 1.99. The summed E-state index contributed by atoms with van der Waals surface area (Å²) in [6.07, 6.45) is -0.236. The van der Waals surface area contributed by atoms with Crippen LogP contribution in [-0.2, 0) is 6.18 Å². The Kier molecular flexibility index (Phi) is 5.09. The number of piperidine rings is 2. The van der Waals surface area contributed by atoms with Crippen molar-refractivity contribution in [2.24, 2.45) is 0 Å². The number of amides is 1. The minimum absolute atomic E-state index is 0.122. The van der Waals surface area contributed by atoms with Gasteiger partial charge in [-0.15, -0.1) is 0 Å². The number of hydrogen-bond acceptors (Lipinski definition) is 3. The van der Waals surface area contributed by atoms with E-state index in [1.807, 2.05) is 7.05 Å². The van der Waals surface area contributed by atoms with Gasteiger partial charge in [-0.25, -0.2) is 0 Å². The fraction of sp³-hybridized carbons (Fsp3) is 0.765. The van der Waals surface area contributed by atoms with Crippen molar-refractivity contribution in [2.45, 2.75) is 51.2 Å². The van der Waals surface area contributed by atoms with E-state index in [0.29, 0.717) is 25.3 Å². The van der Waals surface area contributed by atoms with Gasteiger partial charge >= 0.3 is 6.18 Å². The Bertz CT molecular complexity index is 635. The van der Waals surface area contributed by atoms with Gasteiger partial charge in [-0.3, -0.25) is 9.48 Å². The highest BCUT2D eigenvalue weighted by Crippen LogP contribution is 2.35.